The third-order valence-electron chi connectivity index (χ3n) is 8.31. The first-order chi connectivity index (χ1) is 21.0. The van der Waals surface area contributed by atoms with Crippen molar-refractivity contribution in [3.05, 3.63) is 143 Å². The summed E-state index contributed by atoms with van der Waals surface area (Å²) in [5, 5.41) is 0. The molecule has 1 aliphatic carbocycles. The van der Waals surface area contributed by atoms with Gasteiger partial charge in [-0.3, -0.25) is 4.79 Å². The van der Waals surface area contributed by atoms with Gasteiger partial charge in [0.25, 0.3) is 0 Å². The van der Waals surface area contributed by atoms with Crippen molar-refractivity contribution in [2.45, 2.75) is 51.0 Å². The monoisotopic (exact) mass is 583 g/mol. The summed E-state index contributed by atoms with van der Waals surface area (Å²) in [5.41, 5.74) is 3.64. The van der Waals surface area contributed by atoms with E-state index in [4.69, 9.17) is 14.2 Å². The maximum absolute atomic E-state index is 14.5. The Morgan fingerprint density at radius 1 is 0.605 bits per heavy atom. The lowest BCUT2D eigenvalue weighted by molar-refractivity contribution is -0.190. The van der Waals surface area contributed by atoms with Crippen LogP contribution in [0, 0.1) is 17.6 Å². The SMILES string of the molecule is O=C(C1Cc2c(F)ccc(F)c2C1)N1CC(OCc2ccccc2)C(OCc2ccccc2)C(OCc2ccccc2)C1. The number of hydrogen-bond donors (Lipinski definition) is 0. The van der Waals surface area contributed by atoms with Crippen LogP contribution in [-0.2, 0) is 51.7 Å². The molecule has 1 amide bonds. The number of ether oxygens (including phenoxy) is 3. The molecular weight excluding hydrogens is 548 g/mol. The Morgan fingerprint density at radius 3 is 1.42 bits per heavy atom. The van der Waals surface area contributed by atoms with Crippen LogP contribution >= 0.6 is 0 Å². The van der Waals surface area contributed by atoms with E-state index in [9.17, 15) is 13.6 Å². The molecule has 7 heteroatoms. The van der Waals surface area contributed by atoms with E-state index < -0.39 is 35.9 Å². The first-order valence-corrected chi connectivity index (χ1v) is 14.8. The van der Waals surface area contributed by atoms with E-state index in [2.05, 4.69) is 0 Å². The second-order valence-corrected chi connectivity index (χ2v) is 11.3. The minimum atomic E-state index is -0.548. The van der Waals surface area contributed by atoms with Gasteiger partial charge in [-0.05, 0) is 52.8 Å². The molecule has 2 atom stereocenters. The molecule has 0 N–H and O–H groups in total. The highest BCUT2D eigenvalue weighted by atomic mass is 19.1. The highest BCUT2D eigenvalue weighted by Gasteiger charge is 2.43. The fourth-order valence-corrected chi connectivity index (χ4v) is 6.04. The van der Waals surface area contributed by atoms with E-state index in [1.165, 1.54) is 0 Å². The summed E-state index contributed by atoms with van der Waals surface area (Å²) in [6, 6.07) is 31.9. The Hall–Kier alpha value is -3.91. The number of hydrogen-bond acceptors (Lipinski definition) is 4. The zero-order valence-electron chi connectivity index (χ0n) is 23.9. The van der Waals surface area contributed by atoms with E-state index in [1.54, 1.807) is 4.90 Å². The van der Waals surface area contributed by atoms with E-state index >= 15 is 0 Å². The van der Waals surface area contributed by atoms with Crippen molar-refractivity contribution in [3.63, 3.8) is 0 Å². The normalized spacial score (nSPS) is 20.2. The Morgan fingerprint density at radius 2 is 1.00 bits per heavy atom. The summed E-state index contributed by atoms with van der Waals surface area (Å²) in [4.78, 5) is 15.7. The van der Waals surface area contributed by atoms with Crippen molar-refractivity contribution in [1.82, 2.24) is 4.90 Å². The third-order valence-corrected chi connectivity index (χ3v) is 8.31. The molecule has 0 saturated carbocycles. The van der Waals surface area contributed by atoms with Gasteiger partial charge in [0, 0.05) is 19.0 Å². The number of benzene rings is 4. The van der Waals surface area contributed by atoms with Crippen LogP contribution in [0.3, 0.4) is 0 Å². The average molecular weight is 584 g/mol. The minimum Gasteiger partial charge on any atom is -0.369 e. The number of fused-ring (bicyclic) bond motifs is 1. The number of carbonyl (C=O) groups is 1. The molecule has 5 nitrogen and oxygen atoms in total. The van der Waals surface area contributed by atoms with Gasteiger partial charge < -0.3 is 19.1 Å². The van der Waals surface area contributed by atoms with Gasteiger partial charge in [0.05, 0.1) is 19.8 Å². The Balaban J connectivity index is 1.25. The predicted octanol–water partition coefficient (Wildman–Crippen LogP) is 6.28. The third kappa shape index (κ3) is 7.02. The van der Waals surface area contributed by atoms with Crippen LogP contribution < -0.4 is 0 Å². The van der Waals surface area contributed by atoms with Crippen molar-refractivity contribution in [1.29, 1.82) is 0 Å². The minimum absolute atomic E-state index is 0.155. The van der Waals surface area contributed by atoms with Crippen molar-refractivity contribution in [3.8, 4) is 0 Å². The predicted molar refractivity (Wildman–Crippen MR) is 159 cm³/mol. The quantitative estimate of drug-likeness (QED) is 0.221. The van der Waals surface area contributed by atoms with Crippen LogP contribution in [0.2, 0.25) is 0 Å². The van der Waals surface area contributed by atoms with Gasteiger partial charge >= 0.3 is 0 Å². The topological polar surface area (TPSA) is 48.0 Å². The zero-order valence-corrected chi connectivity index (χ0v) is 23.9. The number of carbonyl (C=O) groups excluding carboxylic acids is 1. The highest BCUT2D eigenvalue weighted by molar-refractivity contribution is 5.80. The van der Waals surface area contributed by atoms with Crippen LogP contribution in [0.15, 0.2) is 103 Å². The van der Waals surface area contributed by atoms with Gasteiger partial charge in [-0.2, -0.15) is 0 Å². The molecule has 0 spiro atoms. The molecule has 1 fully saturated rings. The average Bonchev–Trinajstić information content (AvgIpc) is 3.52. The molecule has 4 aromatic carbocycles. The summed E-state index contributed by atoms with van der Waals surface area (Å²) in [6.45, 7) is 1.62. The van der Waals surface area contributed by atoms with Gasteiger partial charge in [0.15, 0.2) is 0 Å². The summed E-state index contributed by atoms with van der Waals surface area (Å²) in [7, 11) is 0. The largest absolute Gasteiger partial charge is 0.369 e. The van der Waals surface area contributed by atoms with Crippen molar-refractivity contribution < 1.29 is 27.8 Å². The summed E-state index contributed by atoms with van der Waals surface area (Å²) in [5.74, 6) is -1.63. The molecule has 0 radical (unpaired) electrons. The molecule has 2 aliphatic rings. The number of halogens is 2. The molecule has 1 saturated heterocycles. The molecule has 4 aromatic rings. The van der Waals surface area contributed by atoms with E-state index in [-0.39, 0.29) is 31.8 Å². The molecule has 222 valence electrons. The maximum Gasteiger partial charge on any atom is 0.226 e. The molecule has 1 aliphatic heterocycles. The fraction of sp³-hybridized carbons (Fsp3) is 0.306. The molecule has 0 bridgehead atoms. The van der Waals surface area contributed by atoms with Crippen LogP contribution in [0.5, 0.6) is 0 Å². The lowest BCUT2D eigenvalue weighted by atomic mass is 9.97. The van der Waals surface area contributed by atoms with Gasteiger partial charge in [-0.15, -0.1) is 0 Å². The summed E-state index contributed by atoms with van der Waals surface area (Å²) in [6.07, 6.45) is -1.08. The van der Waals surface area contributed by atoms with Gasteiger partial charge in [0.1, 0.15) is 29.9 Å². The highest BCUT2D eigenvalue weighted by Crippen LogP contribution is 2.33. The van der Waals surface area contributed by atoms with E-state index in [1.807, 2.05) is 91.0 Å². The van der Waals surface area contributed by atoms with Gasteiger partial charge in [-0.25, -0.2) is 8.78 Å². The molecule has 2 unspecified atom stereocenters. The lowest BCUT2D eigenvalue weighted by Crippen LogP contribution is -2.60. The zero-order chi connectivity index (χ0) is 29.6. The van der Waals surface area contributed by atoms with Crippen LogP contribution in [0.4, 0.5) is 8.78 Å². The van der Waals surface area contributed by atoms with Crippen LogP contribution in [0.1, 0.15) is 27.8 Å². The van der Waals surface area contributed by atoms with Crippen molar-refractivity contribution >= 4 is 5.91 Å². The molecule has 1 heterocycles. The van der Waals surface area contributed by atoms with Crippen molar-refractivity contribution in [2.75, 3.05) is 13.1 Å². The van der Waals surface area contributed by atoms with Crippen LogP contribution in [-0.4, -0.2) is 42.2 Å². The number of amides is 1. The second kappa shape index (κ2) is 13.6. The molecule has 0 aromatic heterocycles. The van der Waals surface area contributed by atoms with Gasteiger partial charge in [-0.1, -0.05) is 91.0 Å². The summed E-state index contributed by atoms with van der Waals surface area (Å²) < 4.78 is 48.5. The standard InChI is InChI=1S/C36H35F2NO4/c37-31-16-17-32(38)30-19-28(18-29(30)31)36(40)39-20-33(41-22-25-10-4-1-5-11-25)35(43-24-27-14-8-3-9-15-27)34(21-39)42-23-26-12-6-2-7-13-26/h1-17,28,33-35H,18-24H2. The van der Waals surface area contributed by atoms with E-state index in [0.717, 1.165) is 28.8 Å². The summed E-state index contributed by atoms with van der Waals surface area (Å²) >= 11 is 0. The smallest absolute Gasteiger partial charge is 0.226 e. The van der Waals surface area contributed by atoms with E-state index in [0.29, 0.717) is 30.9 Å². The number of likely N-dealkylation sites (tertiary alicyclic amines) is 1. The number of nitrogens with zero attached hydrogens (tertiary/aromatic N) is 1. The lowest BCUT2D eigenvalue weighted by Gasteiger charge is -2.43. The Labute approximate surface area is 251 Å². The molecule has 6 rings (SSSR count). The first-order valence-electron chi connectivity index (χ1n) is 14.8. The number of rotatable bonds is 10. The Kier molecular flexibility index (Phi) is 9.22. The first kappa shape index (κ1) is 29.2. The molecular formula is C36H35F2NO4. The van der Waals surface area contributed by atoms with Crippen molar-refractivity contribution in [2.24, 2.45) is 5.92 Å². The van der Waals surface area contributed by atoms with Gasteiger partial charge in [0.2, 0.25) is 5.91 Å². The maximum atomic E-state index is 14.5. The Bertz CT molecular complexity index is 1420. The molecule has 43 heavy (non-hydrogen) atoms. The second-order valence-electron chi connectivity index (χ2n) is 11.3. The fourth-order valence-electron chi connectivity index (χ4n) is 6.04. The number of piperidine rings is 1. The van der Waals surface area contributed by atoms with Crippen LogP contribution in [0.25, 0.3) is 0 Å².